The van der Waals surface area contributed by atoms with Gasteiger partial charge in [0.05, 0.1) is 7.11 Å². The Balaban J connectivity index is 2.79. The maximum atomic E-state index is 11.0. The summed E-state index contributed by atoms with van der Waals surface area (Å²) in [5.74, 6) is -0.322. The van der Waals surface area contributed by atoms with Gasteiger partial charge in [0.2, 0.25) is 5.91 Å². The van der Waals surface area contributed by atoms with Gasteiger partial charge in [-0.1, -0.05) is 50.3 Å². The highest BCUT2D eigenvalue weighted by atomic mass is 127. The van der Waals surface area contributed by atoms with Crippen LogP contribution in [0.5, 0.6) is 0 Å². The molecule has 12 heavy (non-hydrogen) atoms. The second-order valence-electron chi connectivity index (χ2n) is 2.27. The highest BCUT2D eigenvalue weighted by Crippen LogP contribution is 2.52. The van der Waals surface area contributed by atoms with Crippen LogP contribution in [0.15, 0.2) is 9.57 Å². The average Bonchev–Trinajstić information content (AvgIpc) is 2.27. The molecule has 0 radical (unpaired) electrons. The van der Waals surface area contributed by atoms with E-state index in [-0.39, 0.29) is 5.91 Å². The zero-order chi connectivity index (χ0) is 9.35. The number of primary amides is 1. The molecule has 1 rings (SSSR count). The maximum Gasteiger partial charge on any atom is 0.244 e. The summed E-state index contributed by atoms with van der Waals surface area (Å²) >= 11 is 6.73. The molecule has 1 atom stereocenters. The minimum atomic E-state index is -0.581. The number of hydrogen-bond acceptors (Lipinski definition) is 3. The molecule has 2 N–H and O–H groups in total. The third-order valence-electron chi connectivity index (χ3n) is 1.41. The van der Waals surface area contributed by atoms with E-state index in [1.54, 1.807) is 7.11 Å². The molecule has 0 bridgehead atoms. The van der Waals surface area contributed by atoms with E-state index in [1.807, 2.05) is 22.6 Å². The van der Waals surface area contributed by atoms with Crippen molar-refractivity contribution < 1.29 is 9.53 Å². The molecule has 1 heterocycles. The summed E-state index contributed by atoms with van der Waals surface area (Å²) in [4.78, 5) is 11.0. The Bertz CT molecular complexity index is 258. The van der Waals surface area contributed by atoms with Gasteiger partial charge in [0.1, 0.15) is 0 Å². The first kappa shape index (κ1) is 10.6. The van der Waals surface area contributed by atoms with Crippen molar-refractivity contribution in [3.8, 4) is 0 Å². The number of allylic oxidation sites excluding steroid dienone is 1. The van der Waals surface area contributed by atoms with Crippen LogP contribution in [0, 0.1) is 0 Å². The van der Waals surface area contributed by atoms with Crippen LogP contribution in [-0.4, -0.2) is 15.8 Å². The van der Waals surface area contributed by atoms with E-state index in [1.165, 1.54) is 11.8 Å². The molecule has 3 nitrogen and oxygen atoms in total. The van der Waals surface area contributed by atoms with Gasteiger partial charge in [0, 0.05) is 10.9 Å². The van der Waals surface area contributed by atoms with Crippen LogP contribution in [0.25, 0.3) is 0 Å². The van der Waals surface area contributed by atoms with Gasteiger partial charge in [0.25, 0.3) is 0 Å². The molecule has 1 amide bonds. The normalized spacial score (nSPS) is 29.2. The monoisotopic (exact) mass is 363 g/mol. The van der Waals surface area contributed by atoms with Gasteiger partial charge < -0.3 is 10.5 Å². The van der Waals surface area contributed by atoms with E-state index in [2.05, 4.69) is 15.9 Å². The summed E-state index contributed by atoms with van der Waals surface area (Å²) in [5.41, 5.74) is 5.24. The predicted octanol–water partition coefficient (Wildman–Crippen LogP) is 1.95. The lowest BCUT2D eigenvalue weighted by Gasteiger charge is -2.15. The number of carbonyl (C=O) groups is 1. The molecule has 68 valence electrons. The summed E-state index contributed by atoms with van der Waals surface area (Å²) in [6, 6.07) is 0. The topological polar surface area (TPSA) is 52.3 Å². The SMILES string of the molecule is COC1=C(Br)CC(I)(C(N)=O)S1. The number of alkyl halides is 1. The quantitative estimate of drug-likeness (QED) is 0.602. The summed E-state index contributed by atoms with van der Waals surface area (Å²) in [7, 11) is 1.58. The maximum absolute atomic E-state index is 11.0. The molecule has 0 spiro atoms. The van der Waals surface area contributed by atoms with Crippen LogP contribution >= 0.6 is 50.3 Å². The Hall–Kier alpha value is 0.570. The van der Waals surface area contributed by atoms with Gasteiger partial charge in [-0.25, -0.2) is 0 Å². The zero-order valence-corrected chi connectivity index (χ0v) is 10.8. The second-order valence-corrected chi connectivity index (χ2v) is 7.07. The Kier molecular flexibility index (Phi) is 3.33. The Labute approximate surface area is 96.7 Å². The lowest BCUT2D eigenvalue weighted by atomic mass is 10.3. The van der Waals surface area contributed by atoms with Crippen LogP contribution in [0.3, 0.4) is 0 Å². The zero-order valence-electron chi connectivity index (χ0n) is 6.27. The number of rotatable bonds is 2. The molecular formula is C6H7BrINO2S. The van der Waals surface area contributed by atoms with Gasteiger partial charge in [-0.3, -0.25) is 4.79 Å². The summed E-state index contributed by atoms with van der Waals surface area (Å²) in [5, 5.41) is 0.739. The molecule has 0 aromatic rings. The van der Waals surface area contributed by atoms with Crippen LogP contribution in [-0.2, 0) is 9.53 Å². The fourth-order valence-electron chi connectivity index (χ4n) is 0.800. The van der Waals surface area contributed by atoms with Gasteiger partial charge >= 0.3 is 0 Å². The molecule has 1 unspecified atom stereocenters. The Morgan fingerprint density at radius 2 is 2.50 bits per heavy atom. The number of halogens is 2. The minimum absolute atomic E-state index is 0.322. The van der Waals surface area contributed by atoms with Crippen LogP contribution in [0.1, 0.15) is 6.42 Å². The van der Waals surface area contributed by atoms with Crippen molar-refractivity contribution >= 4 is 56.2 Å². The molecule has 0 aliphatic carbocycles. The molecule has 0 aromatic carbocycles. The molecule has 0 fully saturated rings. The Morgan fingerprint density at radius 3 is 2.75 bits per heavy atom. The number of hydrogen-bond donors (Lipinski definition) is 1. The summed E-state index contributed by atoms with van der Waals surface area (Å²) < 4.78 is 5.38. The van der Waals surface area contributed by atoms with E-state index in [0.29, 0.717) is 6.42 Å². The van der Waals surface area contributed by atoms with Gasteiger partial charge in [-0.15, -0.1) is 0 Å². The van der Waals surface area contributed by atoms with Crippen molar-refractivity contribution in [2.45, 2.75) is 9.17 Å². The van der Waals surface area contributed by atoms with Gasteiger partial charge in [-0.05, 0) is 0 Å². The Morgan fingerprint density at radius 1 is 1.92 bits per heavy atom. The van der Waals surface area contributed by atoms with Crippen molar-refractivity contribution in [3.63, 3.8) is 0 Å². The largest absolute Gasteiger partial charge is 0.490 e. The van der Waals surface area contributed by atoms with E-state index in [4.69, 9.17) is 10.5 Å². The van der Waals surface area contributed by atoms with Crippen molar-refractivity contribution in [2.24, 2.45) is 5.73 Å². The number of thioether (sulfide) groups is 1. The van der Waals surface area contributed by atoms with E-state index < -0.39 is 2.75 Å². The average molecular weight is 364 g/mol. The second kappa shape index (κ2) is 3.75. The molecule has 0 aromatic heterocycles. The molecule has 6 heteroatoms. The highest BCUT2D eigenvalue weighted by molar-refractivity contribution is 14.1. The van der Waals surface area contributed by atoms with Crippen molar-refractivity contribution in [2.75, 3.05) is 7.11 Å². The third kappa shape index (κ3) is 1.90. The molecule has 1 aliphatic heterocycles. The summed E-state index contributed by atoms with van der Waals surface area (Å²) in [6.45, 7) is 0. The minimum Gasteiger partial charge on any atom is -0.490 e. The first-order valence-corrected chi connectivity index (χ1v) is 5.79. The standard InChI is InChI=1S/C6H7BrINO2S/c1-11-4-3(7)2-6(8,12-4)5(9)10/h2H2,1H3,(H2,9,10). The van der Waals surface area contributed by atoms with Crippen LogP contribution < -0.4 is 5.73 Å². The van der Waals surface area contributed by atoms with E-state index >= 15 is 0 Å². The first-order valence-electron chi connectivity index (χ1n) is 3.10. The number of ether oxygens (including phenoxy) is 1. The first-order chi connectivity index (χ1) is 5.49. The molecule has 0 saturated carbocycles. The van der Waals surface area contributed by atoms with Crippen molar-refractivity contribution in [3.05, 3.63) is 9.57 Å². The molecule has 0 saturated heterocycles. The number of amides is 1. The highest BCUT2D eigenvalue weighted by Gasteiger charge is 2.42. The smallest absolute Gasteiger partial charge is 0.244 e. The van der Waals surface area contributed by atoms with Crippen LogP contribution in [0.2, 0.25) is 0 Å². The van der Waals surface area contributed by atoms with Crippen molar-refractivity contribution in [1.29, 1.82) is 0 Å². The number of carbonyl (C=O) groups excluding carboxylic acids is 1. The van der Waals surface area contributed by atoms with E-state index in [9.17, 15) is 4.79 Å². The van der Waals surface area contributed by atoms with Crippen LogP contribution in [0.4, 0.5) is 0 Å². The van der Waals surface area contributed by atoms with Gasteiger partial charge in [-0.2, -0.15) is 0 Å². The lowest BCUT2D eigenvalue weighted by Crippen LogP contribution is -2.32. The van der Waals surface area contributed by atoms with E-state index in [0.717, 1.165) is 9.57 Å². The third-order valence-corrected chi connectivity index (χ3v) is 5.16. The van der Waals surface area contributed by atoms with Gasteiger partial charge in [0.15, 0.2) is 7.84 Å². The summed E-state index contributed by atoms with van der Waals surface area (Å²) in [6.07, 6.45) is 0.594. The number of nitrogens with two attached hydrogens (primary N) is 1. The predicted molar refractivity (Wildman–Crippen MR) is 61.1 cm³/mol. The van der Waals surface area contributed by atoms with Crippen molar-refractivity contribution in [1.82, 2.24) is 0 Å². The molecule has 1 aliphatic rings. The fraction of sp³-hybridized carbons (Fsp3) is 0.500. The fourth-order valence-corrected chi connectivity index (χ4v) is 4.19. The molecular weight excluding hydrogens is 357 g/mol. The number of methoxy groups -OCH3 is 1. The lowest BCUT2D eigenvalue weighted by molar-refractivity contribution is -0.117.